The number of carboxylic acid groups (broad SMARTS) is 1. The number of carbonyl (C=O) groups is 4. The van der Waals surface area contributed by atoms with Crippen LogP contribution in [0, 0.1) is 17.8 Å². The van der Waals surface area contributed by atoms with Gasteiger partial charge in [0.05, 0.1) is 30.6 Å². The van der Waals surface area contributed by atoms with Crippen LogP contribution in [-0.2, 0) is 28.6 Å². The maximum Gasteiger partial charge on any atom is 0.408 e. The zero-order valence-corrected chi connectivity index (χ0v) is 28.8. The van der Waals surface area contributed by atoms with Gasteiger partial charge in [0.25, 0.3) is 0 Å². The molecule has 0 aromatic carbocycles. The van der Waals surface area contributed by atoms with Gasteiger partial charge in [-0.2, -0.15) is 0 Å². The molecule has 0 saturated carbocycles. The summed E-state index contributed by atoms with van der Waals surface area (Å²) in [4.78, 5) is 55.3. The van der Waals surface area contributed by atoms with Gasteiger partial charge in [-0.3, -0.25) is 14.4 Å². The van der Waals surface area contributed by atoms with Crippen molar-refractivity contribution in [2.24, 2.45) is 17.8 Å². The first-order chi connectivity index (χ1) is 18.9. The van der Waals surface area contributed by atoms with Crippen LogP contribution in [-0.4, -0.2) is 100 Å². The lowest BCUT2D eigenvalue weighted by Gasteiger charge is -2.47. The molecule has 0 aromatic heterocycles. The molecular weight excluding hydrogens is 645 g/mol. The van der Waals surface area contributed by atoms with Gasteiger partial charge in [-0.15, -0.1) is 0 Å². The Morgan fingerprint density at radius 3 is 2.12 bits per heavy atom. The molecule has 1 unspecified atom stereocenters. The molecule has 0 radical (unpaired) electrons. The maximum absolute atomic E-state index is 14.0. The van der Waals surface area contributed by atoms with Gasteiger partial charge in [-0.1, -0.05) is 56.7 Å². The van der Waals surface area contributed by atoms with Crippen molar-refractivity contribution in [1.29, 1.82) is 0 Å². The van der Waals surface area contributed by atoms with E-state index >= 15 is 0 Å². The third-order valence-electron chi connectivity index (χ3n) is 8.00. The first-order valence-electron chi connectivity index (χ1n) is 14.4. The normalized spacial score (nSPS) is 20.9. The van der Waals surface area contributed by atoms with Gasteiger partial charge in [0.1, 0.15) is 15.2 Å². The fraction of sp³-hybridized carbons (Fsp3) is 0.862. The van der Waals surface area contributed by atoms with Crippen molar-refractivity contribution in [3.63, 3.8) is 0 Å². The maximum atomic E-state index is 14.0. The molecule has 238 valence electrons. The lowest BCUT2D eigenvalue weighted by Crippen LogP contribution is -2.63. The number of nitrogens with zero attached hydrogens (tertiary/aromatic N) is 2. The van der Waals surface area contributed by atoms with Gasteiger partial charge < -0.3 is 34.4 Å². The van der Waals surface area contributed by atoms with Gasteiger partial charge >= 0.3 is 12.1 Å². The molecule has 3 amide bonds. The molecule has 1 saturated heterocycles. The van der Waals surface area contributed by atoms with Crippen molar-refractivity contribution in [3.05, 3.63) is 0 Å². The van der Waals surface area contributed by atoms with Crippen molar-refractivity contribution in [2.75, 3.05) is 27.8 Å². The largest absolute Gasteiger partial charge is 0.481 e. The van der Waals surface area contributed by atoms with E-state index in [4.69, 9.17) is 14.2 Å². The summed E-state index contributed by atoms with van der Waals surface area (Å²) in [5, 5.41) is 12.3. The van der Waals surface area contributed by atoms with E-state index in [9.17, 15) is 24.3 Å². The summed E-state index contributed by atoms with van der Waals surface area (Å²) in [6.45, 7) is 15.1. The minimum atomic E-state index is -0.978. The monoisotopic (exact) mass is 697 g/mol. The van der Waals surface area contributed by atoms with Crippen LogP contribution in [0.3, 0.4) is 0 Å². The van der Waals surface area contributed by atoms with E-state index < -0.39 is 45.4 Å². The van der Waals surface area contributed by atoms with Crippen LogP contribution in [0.15, 0.2) is 0 Å². The number of alkyl halides is 1. The summed E-state index contributed by atoms with van der Waals surface area (Å²) < 4.78 is 16.0. The molecule has 1 rings (SSSR count). The lowest BCUT2D eigenvalue weighted by molar-refractivity contribution is -0.152. The van der Waals surface area contributed by atoms with Crippen molar-refractivity contribution >= 4 is 46.5 Å². The van der Waals surface area contributed by atoms with E-state index in [1.807, 2.05) is 27.7 Å². The highest BCUT2D eigenvalue weighted by molar-refractivity contribution is 14.1. The molecule has 0 spiro atoms. The van der Waals surface area contributed by atoms with E-state index in [0.717, 1.165) is 6.42 Å². The topological polar surface area (TPSA) is 135 Å². The van der Waals surface area contributed by atoms with Gasteiger partial charge in [0.2, 0.25) is 11.8 Å². The third kappa shape index (κ3) is 9.41. The number of rotatable bonds is 14. The predicted octanol–water partition coefficient (Wildman–Crippen LogP) is 4.30. The predicted molar refractivity (Wildman–Crippen MR) is 165 cm³/mol. The Morgan fingerprint density at radius 2 is 1.68 bits per heavy atom. The number of methoxy groups -OCH3 is 2. The Bertz CT molecular complexity index is 911. The van der Waals surface area contributed by atoms with Gasteiger partial charge in [-0.05, 0) is 52.4 Å². The molecule has 2 N–H and O–H groups in total. The smallest absolute Gasteiger partial charge is 0.408 e. The summed E-state index contributed by atoms with van der Waals surface area (Å²) >= 11 is 2.22. The summed E-state index contributed by atoms with van der Waals surface area (Å²) in [6.07, 6.45) is 0.0665. The first-order valence-corrected chi connectivity index (χ1v) is 15.5. The summed E-state index contributed by atoms with van der Waals surface area (Å²) in [5.74, 6) is -2.58. The van der Waals surface area contributed by atoms with Crippen molar-refractivity contribution in [1.82, 2.24) is 15.1 Å². The number of likely N-dealkylation sites (N-methyl/N-ethyl adjacent to an activating group) is 1. The number of carboxylic acids is 1. The summed E-state index contributed by atoms with van der Waals surface area (Å²) in [6, 6.07) is -1.23. The molecule has 1 aliphatic rings. The fourth-order valence-electron chi connectivity index (χ4n) is 5.42. The minimum absolute atomic E-state index is 0.0123. The lowest BCUT2D eigenvalue weighted by atomic mass is 9.89. The molecule has 1 fully saturated rings. The molecule has 1 aliphatic heterocycles. The summed E-state index contributed by atoms with van der Waals surface area (Å²) in [5.41, 5.74) is -0.719. The number of amides is 3. The van der Waals surface area contributed by atoms with E-state index in [1.165, 1.54) is 14.2 Å². The second kappa shape index (κ2) is 15.7. The van der Waals surface area contributed by atoms with Crippen molar-refractivity contribution < 1.29 is 38.5 Å². The van der Waals surface area contributed by atoms with E-state index in [0.29, 0.717) is 19.4 Å². The van der Waals surface area contributed by atoms with Crippen LogP contribution in [0.25, 0.3) is 0 Å². The van der Waals surface area contributed by atoms with Crippen molar-refractivity contribution in [2.45, 2.75) is 115 Å². The van der Waals surface area contributed by atoms with Crippen LogP contribution in [0.5, 0.6) is 0 Å². The molecule has 0 aromatic rings. The molecule has 1 heterocycles. The van der Waals surface area contributed by atoms with Gasteiger partial charge in [0, 0.05) is 27.8 Å². The van der Waals surface area contributed by atoms with Crippen LogP contribution < -0.4 is 5.32 Å². The fourth-order valence-corrected chi connectivity index (χ4v) is 6.57. The van der Waals surface area contributed by atoms with Crippen LogP contribution in [0.4, 0.5) is 4.79 Å². The number of nitrogens with one attached hydrogen (secondary N) is 1. The Labute approximate surface area is 259 Å². The van der Waals surface area contributed by atoms with E-state index in [1.54, 1.807) is 44.5 Å². The Hall–Kier alpha value is -1.67. The quantitative estimate of drug-likeness (QED) is 0.156. The van der Waals surface area contributed by atoms with E-state index in [2.05, 4.69) is 27.9 Å². The number of alkyl carbamates (subject to hydrolysis) is 1. The molecular formula is C29H52IN3O8. The first kappa shape index (κ1) is 37.4. The molecule has 0 bridgehead atoms. The van der Waals surface area contributed by atoms with Crippen LogP contribution in [0.1, 0.15) is 81.1 Å². The Kier molecular flexibility index (Phi) is 14.3. The number of aliphatic carboxylic acids is 1. The highest BCUT2D eigenvalue weighted by Crippen LogP contribution is 2.41. The molecule has 12 heteroatoms. The van der Waals surface area contributed by atoms with Crippen LogP contribution in [0.2, 0.25) is 0 Å². The number of halogens is 1. The Balaban J connectivity index is 3.32. The van der Waals surface area contributed by atoms with Gasteiger partial charge in [0.15, 0.2) is 0 Å². The average Bonchev–Trinajstić information content (AvgIpc) is 3.37. The second-order valence-corrected chi connectivity index (χ2v) is 14.1. The van der Waals surface area contributed by atoms with Crippen LogP contribution >= 0.6 is 22.6 Å². The zero-order valence-electron chi connectivity index (χ0n) is 26.7. The molecule has 11 nitrogen and oxygen atoms in total. The molecule has 0 aliphatic carbocycles. The second-order valence-electron chi connectivity index (χ2n) is 12.4. The standard InChI is InChI=1S/C29H52IN3O8/c1-12-18(4)29(30,32(9)25(35)23(17(2)3)31-27(38)41-28(6,7)8)21(39-10)16-22(34)33-15-13-14-20(33)24(40-11)19(5)26(36)37/h17-21,23-24H,12-16H2,1-11H3,(H,31,38)(H,36,37)/t18-,19+,20-,21?,23-,24+,29-/m0/s1. The SMILES string of the molecule is CC[C@H](C)[C@@](I)(C(CC(=O)N1CCC[C@H]1[C@H](OC)[C@@H](C)C(=O)O)OC)N(C)C(=O)[C@@H](NC(=O)OC(C)(C)C)C(C)C. The zero-order chi connectivity index (χ0) is 31.9. The third-order valence-corrected chi connectivity index (χ3v) is 10.5. The van der Waals surface area contributed by atoms with E-state index in [-0.39, 0.29) is 36.1 Å². The number of hydrogen-bond acceptors (Lipinski definition) is 7. The Morgan fingerprint density at radius 1 is 1.10 bits per heavy atom. The highest BCUT2D eigenvalue weighted by Gasteiger charge is 2.50. The molecule has 7 atom stereocenters. The average molecular weight is 698 g/mol. The number of hydrogen-bond donors (Lipinski definition) is 2. The molecule has 41 heavy (non-hydrogen) atoms. The highest BCUT2D eigenvalue weighted by atomic mass is 127. The van der Waals surface area contributed by atoms with Gasteiger partial charge in [-0.25, -0.2) is 4.79 Å². The number of likely N-dealkylation sites (tertiary alicyclic amines) is 1. The summed E-state index contributed by atoms with van der Waals surface area (Å²) in [7, 11) is 4.67. The minimum Gasteiger partial charge on any atom is -0.481 e. The number of carbonyl (C=O) groups excluding carboxylic acids is 3. The number of ether oxygens (including phenoxy) is 3. The van der Waals surface area contributed by atoms with Crippen molar-refractivity contribution in [3.8, 4) is 0 Å².